The van der Waals surface area contributed by atoms with Crippen molar-refractivity contribution in [1.82, 2.24) is 5.32 Å². The molecule has 0 spiro atoms. The molecule has 224 valence electrons. The summed E-state index contributed by atoms with van der Waals surface area (Å²) in [5.74, 6) is -16.4. The highest BCUT2D eigenvalue weighted by Gasteiger charge is 2.67. The number of unbranched alkanes of at least 4 members (excludes halogenated alkanes) is 1. The van der Waals surface area contributed by atoms with Gasteiger partial charge in [-0.25, -0.2) is 4.79 Å². The molecule has 1 atom stereocenters. The molecule has 0 aliphatic rings. The van der Waals surface area contributed by atoms with Gasteiger partial charge in [0, 0.05) is 13.0 Å². The minimum atomic E-state index is -6.66. The third-order valence-electron chi connectivity index (χ3n) is 4.13. The number of rotatable bonds is 13. The van der Waals surface area contributed by atoms with Crippen molar-refractivity contribution >= 4 is 22.0 Å². The van der Waals surface area contributed by atoms with Crippen LogP contribution in [0.15, 0.2) is 12.2 Å². The molecule has 0 aromatic rings. The summed E-state index contributed by atoms with van der Waals surface area (Å²) in [7, 11) is -6.66. The summed E-state index contributed by atoms with van der Waals surface area (Å²) >= 11 is 0. The molecule has 0 saturated carbocycles. The zero-order chi connectivity index (χ0) is 30.6. The molecule has 0 aromatic heterocycles. The summed E-state index contributed by atoms with van der Waals surface area (Å²) in [6.45, 7) is -1.24. The first-order valence-electron chi connectivity index (χ1n) is 9.40. The molecule has 0 aromatic carbocycles. The van der Waals surface area contributed by atoms with Gasteiger partial charge in [0.1, 0.15) is 5.57 Å². The fourth-order valence-electron chi connectivity index (χ4n) is 2.15. The summed E-state index contributed by atoms with van der Waals surface area (Å²) in [4.78, 5) is 23.6. The molecule has 0 bridgehead atoms. The molecule has 1 unspecified atom stereocenters. The molecular formula is C16H16F13NO7S. The van der Waals surface area contributed by atoms with Crippen molar-refractivity contribution < 1.29 is 89.1 Å². The Morgan fingerprint density at radius 2 is 1.34 bits per heavy atom. The fourth-order valence-corrected chi connectivity index (χ4v) is 2.63. The largest absolute Gasteiger partial charge is 0.466 e. The van der Waals surface area contributed by atoms with Gasteiger partial charge in [0.15, 0.2) is 0 Å². The highest BCUT2D eigenvalue weighted by Crippen LogP contribution is 2.42. The molecule has 0 heterocycles. The van der Waals surface area contributed by atoms with E-state index in [-0.39, 0.29) is 0 Å². The topological polar surface area (TPSA) is 119 Å². The summed E-state index contributed by atoms with van der Waals surface area (Å²) in [6.07, 6.45) is -23.8. The average Bonchev–Trinajstić information content (AvgIpc) is 2.68. The number of hydrogen-bond acceptors (Lipinski definition) is 6. The standard InChI is InChI=1S/C16H16F13NO7S/c1-8(14(22,23)24)9(31)37-13(15(25,26)27,10(32)30-6-5-12(19,20)21)36-7-3-2-4-11(17,18)16(28,29)38(33,34)35/h1-7H2,(H,30,32)(H,33,34,35). The number of hydrogen-bond donors (Lipinski definition) is 2. The van der Waals surface area contributed by atoms with Gasteiger partial charge < -0.3 is 14.8 Å². The zero-order valence-electron chi connectivity index (χ0n) is 18.2. The molecule has 2 N–H and O–H groups in total. The number of carbonyl (C=O) groups excluding carboxylic acids is 2. The molecule has 0 fully saturated rings. The number of nitrogens with one attached hydrogen (secondary N) is 1. The number of alkyl halides is 13. The van der Waals surface area contributed by atoms with Crippen molar-refractivity contribution in [2.24, 2.45) is 0 Å². The molecule has 0 saturated heterocycles. The van der Waals surface area contributed by atoms with Gasteiger partial charge in [-0.15, -0.1) is 0 Å². The van der Waals surface area contributed by atoms with Crippen LogP contribution in [0.3, 0.4) is 0 Å². The first-order valence-corrected chi connectivity index (χ1v) is 10.8. The van der Waals surface area contributed by atoms with Crippen molar-refractivity contribution in [2.75, 3.05) is 13.2 Å². The highest BCUT2D eigenvalue weighted by atomic mass is 32.2. The van der Waals surface area contributed by atoms with Gasteiger partial charge >= 0.3 is 57.5 Å². The molecular weight excluding hydrogens is 597 g/mol. The van der Waals surface area contributed by atoms with Crippen LogP contribution in [0.5, 0.6) is 0 Å². The van der Waals surface area contributed by atoms with Crippen molar-refractivity contribution in [1.29, 1.82) is 0 Å². The Labute approximate surface area is 203 Å². The third kappa shape index (κ3) is 9.13. The molecule has 0 aliphatic heterocycles. The van der Waals surface area contributed by atoms with Crippen LogP contribution in [0.4, 0.5) is 57.1 Å². The third-order valence-corrected chi connectivity index (χ3v) is 5.08. The van der Waals surface area contributed by atoms with Gasteiger partial charge in [0.05, 0.1) is 13.0 Å². The normalized spacial score (nSPS) is 15.5. The van der Waals surface area contributed by atoms with Crippen LogP contribution in [-0.2, 0) is 29.2 Å². The van der Waals surface area contributed by atoms with E-state index in [1.807, 2.05) is 0 Å². The zero-order valence-corrected chi connectivity index (χ0v) is 19.0. The lowest BCUT2D eigenvalue weighted by Crippen LogP contribution is -2.62. The van der Waals surface area contributed by atoms with Crippen LogP contribution >= 0.6 is 0 Å². The first kappa shape index (κ1) is 35.6. The van der Waals surface area contributed by atoms with E-state index in [9.17, 15) is 75.1 Å². The lowest BCUT2D eigenvalue weighted by Gasteiger charge is -2.33. The van der Waals surface area contributed by atoms with Crippen molar-refractivity contribution in [3.05, 3.63) is 12.2 Å². The second-order valence-corrected chi connectivity index (χ2v) is 8.57. The summed E-state index contributed by atoms with van der Waals surface area (Å²) in [5.41, 5.74) is -2.63. The van der Waals surface area contributed by atoms with Gasteiger partial charge in [0.25, 0.3) is 0 Å². The SMILES string of the molecule is C=C(C(=O)OC(OCCCCC(F)(F)C(F)(F)S(=O)(=O)O)(C(=O)NCCC(F)(F)F)C(F)(F)F)C(F)(F)F. The Balaban J connectivity index is 5.89. The Morgan fingerprint density at radius 3 is 1.74 bits per heavy atom. The van der Waals surface area contributed by atoms with E-state index in [2.05, 4.69) is 16.1 Å². The second-order valence-electron chi connectivity index (χ2n) is 7.10. The summed E-state index contributed by atoms with van der Waals surface area (Å²) in [5, 5.41) is -5.09. The number of amides is 1. The molecule has 22 heteroatoms. The highest BCUT2D eigenvalue weighted by molar-refractivity contribution is 7.87. The average molecular weight is 613 g/mol. The monoisotopic (exact) mass is 613 g/mol. The maximum absolute atomic E-state index is 13.7. The summed E-state index contributed by atoms with van der Waals surface area (Å²) < 4.78 is 205. The van der Waals surface area contributed by atoms with Crippen LogP contribution in [0.2, 0.25) is 0 Å². The van der Waals surface area contributed by atoms with Crippen LogP contribution in [0, 0.1) is 0 Å². The molecule has 8 nitrogen and oxygen atoms in total. The maximum Gasteiger partial charge on any atom is 0.466 e. The predicted molar refractivity (Wildman–Crippen MR) is 95.0 cm³/mol. The number of esters is 1. The van der Waals surface area contributed by atoms with Crippen molar-refractivity contribution in [3.63, 3.8) is 0 Å². The minimum absolute atomic E-state index is 0.966. The Bertz CT molecular complexity index is 974. The lowest BCUT2D eigenvalue weighted by atomic mass is 10.1. The minimum Gasteiger partial charge on any atom is -0.412 e. The first-order chi connectivity index (χ1) is 16.6. The van der Waals surface area contributed by atoms with Gasteiger partial charge in [0.2, 0.25) is 0 Å². The second kappa shape index (κ2) is 11.8. The van der Waals surface area contributed by atoms with Crippen LogP contribution in [-0.4, -0.2) is 73.5 Å². The van der Waals surface area contributed by atoms with Crippen molar-refractivity contribution in [2.45, 2.75) is 61.2 Å². The quantitative estimate of drug-likeness (QED) is 0.0796. The lowest BCUT2D eigenvalue weighted by molar-refractivity contribution is -0.348. The van der Waals surface area contributed by atoms with E-state index >= 15 is 0 Å². The van der Waals surface area contributed by atoms with Gasteiger partial charge in [-0.3, -0.25) is 9.35 Å². The number of halogens is 13. The molecule has 1 amide bonds. The molecule has 0 aliphatic carbocycles. The Hall–Kier alpha value is -2.36. The number of carbonyl (C=O) groups is 2. The van der Waals surface area contributed by atoms with Gasteiger partial charge in [-0.1, -0.05) is 6.58 Å². The van der Waals surface area contributed by atoms with Crippen LogP contribution in [0.25, 0.3) is 0 Å². The number of ether oxygens (including phenoxy) is 2. The van der Waals surface area contributed by atoms with Crippen molar-refractivity contribution in [3.8, 4) is 0 Å². The van der Waals surface area contributed by atoms with E-state index in [1.54, 1.807) is 0 Å². The maximum atomic E-state index is 13.7. The Morgan fingerprint density at radius 1 is 0.842 bits per heavy atom. The van der Waals surface area contributed by atoms with Gasteiger partial charge in [-0.2, -0.15) is 65.5 Å². The van der Waals surface area contributed by atoms with E-state index in [4.69, 9.17) is 4.55 Å². The van der Waals surface area contributed by atoms with Crippen LogP contribution in [0.1, 0.15) is 25.7 Å². The van der Waals surface area contributed by atoms with E-state index in [1.165, 1.54) is 0 Å². The van der Waals surface area contributed by atoms with Crippen LogP contribution < -0.4 is 5.32 Å². The van der Waals surface area contributed by atoms with Gasteiger partial charge in [-0.05, 0) is 12.8 Å². The smallest absolute Gasteiger partial charge is 0.412 e. The predicted octanol–water partition coefficient (Wildman–Crippen LogP) is 4.28. The van der Waals surface area contributed by atoms with E-state index < -0.39 is 102 Å². The Kier molecular flexibility index (Phi) is 11.1. The summed E-state index contributed by atoms with van der Waals surface area (Å²) in [6, 6.07) is 0. The fraction of sp³-hybridized carbons (Fsp3) is 0.750. The molecule has 38 heavy (non-hydrogen) atoms. The van der Waals surface area contributed by atoms with E-state index in [0.29, 0.717) is 0 Å². The van der Waals surface area contributed by atoms with E-state index in [0.717, 1.165) is 5.32 Å². The molecule has 0 radical (unpaired) electrons. The molecule has 0 rings (SSSR count).